The number of carbonyl (C=O) groups excluding carboxylic acids is 1. The van der Waals surface area contributed by atoms with Gasteiger partial charge in [0.25, 0.3) is 5.91 Å². The number of amides is 1. The van der Waals surface area contributed by atoms with Crippen molar-refractivity contribution in [1.82, 2.24) is 9.88 Å². The van der Waals surface area contributed by atoms with E-state index in [-0.39, 0.29) is 5.91 Å². The van der Waals surface area contributed by atoms with Crippen molar-refractivity contribution >= 4 is 5.91 Å². The molecule has 0 radical (unpaired) electrons. The maximum Gasteiger partial charge on any atom is 0.298 e. The summed E-state index contributed by atoms with van der Waals surface area (Å²) < 4.78 is 0. The zero-order valence-corrected chi connectivity index (χ0v) is 9.03. The van der Waals surface area contributed by atoms with Gasteiger partial charge in [-0.2, -0.15) is 0 Å². The van der Waals surface area contributed by atoms with Gasteiger partial charge < -0.3 is 4.90 Å². The van der Waals surface area contributed by atoms with Gasteiger partial charge in [-0.1, -0.05) is 6.07 Å². The molecule has 1 aromatic rings. The molecule has 78 valence electrons. The molecule has 1 heterocycles. The van der Waals surface area contributed by atoms with Gasteiger partial charge in [0, 0.05) is 25.2 Å². The Balaban J connectivity index is 2.70. The van der Waals surface area contributed by atoms with E-state index in [2.05, 4.69) is 16.8 Å². The van der Waals surface area contributed by atoms with E-state index in [4.69, 9.17) is 0 Å². The van der Waals surface area contributed by atoms with E-state index in [1.165, 1.54) is 0 Å². The molecule has 0 aliphatic carbocycles. The van der Waals surface area contributed by atoms with Crippen LogP contribution in [-0.4, -0.2) is 28.9 Å². The average molecular weight is 202 g/mol. The van der Waals surface area contributed by atoms with E-state index in [0.29, 0.717) is 18.8 Å². The van der Waals surface area contributed by atoms with Gasteiger partial charge in [-0.15, -0.1) is 0 Å². The molecular formula is C12H14N2O. The molecular weight excluding hydrogens is 188 g/mol. The number of carbonyl (C=O) groups is 1. The molecule has 0 fully saturated rings. The van der Waals surface area contributed by atoms with E-state index in [9.17, 15) is 4.79 Å². The summed E-state index contributed by atoms with van der Waals surface area (Å²) in [5.41, 5.74) is 0.623. The van der Waals surface area contributed by atoms with Crippen LogP contribution in [0.1, 0.15) is 19.5 Å². The molecule has 1 amide bonds. The molecule has 1 aromatic heterocycles. The monoisotopic (exact) mass is 202 g/mol. The lowest BCUT2D eigenvalue weighted by Crippen LogP contribution is -2.29. The minimum absolute atomic E-state index is 0.148. The Bertz CT molecular complexity index is 372. The summed E-state index contributed by atoms with van der Waals surface area (Å²) in [6.07, 6.45) is 1.66. The molecule has 0 aliphatic rings. The van der Waals surface area contributed by atoms with Gasteiger partial charge in [0.15, 0.2) is 0 Å². The summed E-state index contributed by atoms with van der Waals surface area (Å²) in [4.78, 5) is 17.2. The van der Waals surface area contributed by atoms with Crippen molar-refractivity contribution in [2.75, 3.05) is 13.1 Å². The quantitative estimate of drug-likeness (QED) is 0.677. The Hall–Kier alpha value is -1.82. The molecule has 0 bridgehead atoms. The molecule has 0 saturated heterocycles. The van der Waals surface area contributed by atoms with Crippen LogP contribution >= 0.6 is 0 Å². The molecule has 0 unspecified atom stereocenters. The van der Waals surface area contributed by atoms with E-state index in [1.807, 2.05) is 26.0 Å². The van der Waals surface area contributed by atoms with Crippen LogP contribution in [0, 0.1) is 11.8 Å². The van der Waals surface area contributed by atoms with Gasteiger partial charge in [-0.05, 0) is 31.9 Å². The van der Waals surface area contributed by atoms with Crippen LogP contribution in [0.15, 0.2) is 24.4 Å². The number of pyridine rings is 1. The molecule has 15 heavy (non-hydrogen) atoms. The second kappa shape index (κ2) is 5.82. The highest BCUT2D eigenvalue weighted by Gasteiger charge is 2.04. The van der Waals surface area contributed by atoms with Crippen molar-refractivity contribution in [3.63, 3.8) is 0 Å². The Morgan fingerprint density at radius 1 is 1.40 bits per heavy atom. The first-order chi connectivity index (χ1) is 7.27. The first-order valence-corrected chi connectivity index (χ1v) is 4.99. The lowest BCUT2D eigenvalue weighted by molar-refractivity contribution is -0.124. The zero-order valence-electron chi connectivity index (χ0n) is 9.03. The van der Waals surface area contributed by atoms with Crippen LogP contribution in [0.25, 0.3) is 0 Å². The van der Waals surface area contributed by atoms with Gasteiger partial charge in [-0.25, -0.2) is 4.98 Å². The van der Waals surface area contributed by atoms with Crippen LogP contribution in [0.5, 0.6) is 0 Å². The second-order valence-electron chi connectivity index (χ2n) is 2.94. The highest BCUT2D eigenvalue weighted by molar-refractivity contribution is 5.93. The maximum atomic E-state index is 11.5. The summed E-state index contributed by atoms with van der Waals surface area (Å²) >= 11 is 0. The van der Waals surface area contributed by atoms with Gasteiger partial charge >= 0.3 is 0 Å². The maximum absolute atomic E-state index is 11.5. The number of hydrogen-bond acceptors (Lipinski definition) is 2. The fraction of sp³-hybridized carbons (Fsp3) is 0.333. The fourth-order valence-electron chi connectivity index (χ4n) is 1.14. The van der Waals surface area contributed by atoms with Crippen molar-refractivity contribution in [3.8, 4) is 11.8 Å². The summed E-state index contributed by atoms with van der Waals surface area (Å²) in [6, 6.07) is 5.44. The second-order valence-corrected chi connectivity index (χ2v) is 2.94. The summed E-state index contributed by atoms with van der Waals surface area (Å²) in [5, 5.41) is 0. The molecule has 0 spiro atoms. The van der Waals surface area contributed by atoms with Gasteiger partial charge in [0.05, 0.1) is 0 Å². The van der Waals surface area contributed by atoms with E-state index in [0.717, 1.165) is 0 Å². The predicted molar refractivity (Wildman–Crippen MR) is 59.0 cm³/mol. The summed E-state index contributed by atoms with van der Waals surface area (Å²) in [6.45, 7) is 5.24. The van der Waals surface area contributed by atoms with Crippen LogP contribution in [0.3, 0.4) is 0 Å². The minimum atomic E-state index is -0.148. The van der Waals surface area contributed by atoms with E-state index in [1.54, 1.807) is 17.2 Å². The molecule has 0 N–H and O–H groups in total. The van der Waals surface area contributed by atoms with Crippen LogP contribution < -0.4 is 0 Å². The molecule has 0 aliphatic heterocycles. The van der Waals surface area contributed by atoms with Crippen LogP contribution in [0.2, 0.25) is 0 Å². The molecule has 3 heteroatoms. The topological polar surface area (TPSA) is 33.2 Å². The minimum Gasteiger partial charge on any atom is -0.332 e. The summed E-state index contributed by atoms with van der Waals surface area (Å²) in [5.74, 6) is 5.17. The van der Waals surface area contributed by atoms with Crippen molar-refractivity contribution in [2.45, 2.75) is 13.8 Å². The van der Waals surface area contributed by atoms with Crippen LogP contribution in [0.4, 0.5) is 0 Å². The largest absolute Gasteiger partial charge is 0.332 e. The SMILES string of the molecule is CCN(CC)C(=O)C#Cc1ccccn1. The number of hydrogen-bond donors (Lipinski definition) is 0. The standard InChI is InChI=1S/C12H14N2O/c1-3-14(4-2)12(15)9-8-11-7-5-6-10-13-11/h5-7,10H,3-4H2,1-2H3. The van der Waals surface area contributed by atoms with Crippen molar-refractivity contribution < 1.29 is 4.79 Å². The Kier molecular flexibility index (Phi) is 4.36. The third-order valence-electron chi connectivity index (χ3n) is 2.01. The Morgan fingerprint density at radius 2 is 2.13 bits per heavy atom. The van der Waals surface area contributed by atoms with Crippen LogP contribution in [-0.2, 0) is 4.79 Å². The first-order valence-electron chi connectivity index (χ1n) is 4.99. The fourth-order valence-corrected chi connectivity index (χ4v) is 1.14. The number of aromatic nitrogens is 1. The molecule has 3 nitrogen and oxygen atoms in total. The van der Waals surface area contributed by atoms with Gasteiger partial charge in [0.1, 0.15) is 5.69 Å². The third kappa shape index (κ3) is 3.43. The molecule has 0 aromatic carbocycles. The smallest absolute Gasteiger partial charge is 0.298 e. The molecule has 0 atom stereocenters. The summed E-state index contributed by atoms with van der Waals surface area (Å²) in [7, 11) is 0. The van der Waals surface area contributed by atoms with E-state index < -0.39 is 0 Å². The Morgan fingerprint density at radius 3 is 2.67 bits per heavy atom. The normalized spacial score (nSPS) is 8.93. The average Bonchev–Trinajstić information content (AvgIpc) is 2.29. The predicted octanol–water partition coefficient (Wildman–Crippen LogP) is 1.30. The van der Waals surface area contributed by atoms with E-state index >= 15 is 0 Å². The molecule has 0 saturated carbocycles. The highest BCUT2D eigenvalue weighted by Crippen LogP contribution is 1.91. The Labute approximate surface area is 90.1 Å². The van der Waals surface area contributed by atoms with Crippen molar-refractivity contribution in [2.24, 2.45) is 0 Å². The lowest BCUT2D eigenvalue weighted by Gasteiger charge is -2.13. The number of nitrogens with zero attached hydrogens (tertiary/aromatic N) is 2. The first kappa shape index (κ1) is 11.3. The highest BCUT2D eigenvalue weighted by atomic mass is 16.2. The lowest BCUT2D eigenvalue weighted by atomic mass is 10.3. The van der Waals surface area contributed by atoms with Gasteiger partial charge in [-0.3, -0.25) is 4.79 Å². The number of rotatable bonds is 2. The van der Waals surface area contributed by atoms with Gasteiger partial charge in [0.2, 0.25) is 0 Å². The van der Waals surface area contributed by atoms with Crippen molar-refractivity contribution in [1.29, 1.82) is 0 Å². The molecule has 1 rings (SSSR count). The van der Waals surface area contributed by atoms with Crippen molar-refractivity contribution in [3.05, 3.63) is 30.1 Å². The third-order valence-corrected chi connectivity index (χ3v) is 2.01. The zero-order chi connectivity index (χ0) is 11.1.